The second-order valence-corrected chi connectivity index (χ2v) is 5.54. The maximum absolute atomic E-state index is 11.8. The molecule has 104 valence electrons. The normalized spacial score (nSPS) is 15.0. The molecule has 5 heteroatoms. The Morgan fingerprint density at radius 3 is 2.12 bits per heavy atom. The molecule has 1 N–H and O–H groups in total. The molecule has 17 heavy (non-hydrogen) atoms. The third-order valence-corrected chi connectivity index (χ3v) is 2.53. The summed E-state index contributed by atoms with van der Waals surface area (Å²) in [6.45, 7) is 5.46. The fraction of sp³-hybridized carbons (Fsp3) is 1.00. The summed E-state index contributed by atoms with van der Waals surface area (Å²) in [6, 6.07) is 0.224. The van der Waals surface area contributed by atoms with Crippen molar-refractivity contribution in [3.63, 3.8) is 0 Å². The summed E-state index contributed by atoms with van der Waals surface area (Å²) in [5.41, 5.74) is 0.252. The monoisotopic (exact) mass is 255 g/mol. The molecule has 0 radical (unpaired) electrons. The van der Waals surface area contributed by atoms with Crippen LogP contribution in [0.4, 0.5) is 13.2 Å². The molecule has 0 heterocycles. The first kappa shape index (κ1) is 16.7. The molecule has 0 aromatic rings. The number of hydrogen-bond acceptors (Lipinski definition) is 2. The van der Waals surface area contributed by atoms with Crippen molar-refractivity contribution in [3.8, 4) is 0 Å². The summed E-state index contributed by atoms with van der Waals surface area (Å²) in [4.78, 5) is 0. The standard InChI is InChI=1S/C12H24F3NO/c1-11(2,3)7-5-10(16-4)6-8-17-9-12(13,14)15/h10,16H,5-9H2,1-4H3. The van der Waals surface area contributed by atoms with Gasteiger partial charge in [-0.2, -0.15) is 13.2 Å². The van der Waals surface area contributed by atoms with Crippen molar-refractivity contribution >= 4 is 0 Å². The Labute approximate surface area is 102 Å². The zero-order chi connectivity index (χ0) is 13.5. The van der Waals surface area contributed by atoms with E-state index in [0.717, 1.165) is 12.8 Å². The Bertz CT molecular complexity index is 199. The van der Waals surface area contributed by atoms with E-state index in [1.807, 2.05) is 7.05 Å². The van der Waals surface area contributed by atoms with Crippen LogP contribution in [0.2, 0.25) is 0 Å². The maximum atomic E-state index is 11.8. The Hall–Kier alpha value is -0.290. The summed E-state index contributed by atoms with van der Waals surface area (Å²) in [6.07, 6.45) is -1.61. The molecule has 0 amide bonds. The van der Waals surface area contributed by atoms with Crippen LogP contribution in [0, 0.1) is 5.41 Å². The van der Waals surface area contributed by atoms with Crippen molar-refractivity contribution in [2.24, 2.45) is 5.41 Å². The van der Waals surface area contributed by atoms with Crippen LogP contribution in [-0.2, 0) is 4.74 Å². The Morgan fingerprint density at radius 1 is 1.12 bits per heavy atom. The Morgan fingerprint density at radius 2 is 1.71 bits per heavy atom. The van der Waals surface area contributed by atoms with E-state index in [0.29, 0.717) is 6.42 Å². The van der Waals surface area contributed by atoms with Gasteiger partial charge in [-0.25, -0.2) is 0 Å². The average molecular weight is 255 g/mol. The number of halogens is 3. The van der Waals surface area contributed by atoms with Gasteiger partial charge >= 0.3 is 6.18 Å². The van der Waals surface area contributed by atoms with E-state index >= 15 is 0 Å². The van der Waals surface area contributed by atoms with E-state index < -0.39 is 12.8 Å². The van der Waals surface area contributed by atoms with Gasteiger partial charge in [-0.05, 0) is 31.7 Å². The zero-order valence-electron chi connectivity index (χ0n) is 11.2. The smallest absolute Gasteiger partial charge is 0.372 e. The van der Waals surface area contributed by atoms with Crippen LogP contribution in [0.15, 0.2) is 0 Å². The van der Waals surface area contributed by atoms with E-state index in [1.165, 1.54) is 0 Å². The molecule has 0 aliphatic heterocycles. The summed E-state index contributed by atoms with van der Waals surface area (Å²) in [5, 5.41) is 3.11. The van der Waals surface area contributed by atoms with E-state index in [9.17, 15) is 13.2 Å². The molecule has 2 nitrogen and oxygen atoms in total. The first-order valence-corrected chi connectivity index (χ1v) is 5.96. The Kier molecular flexibility index (Phi) is 7.09. The van der Waals surface area contributed by atoms with Gasteiger partial charge in [-0.1, -0.05) is 20.8 Å². The molecule has 0 saturated carbocycles. The lowest BCUT2D eigenvalue weighted by molar-refractivity contribution is -0.174. The summed E-state index contributed by atoms with van der Waals surface area (Å²) in [5.74, 6) is 0. The van der Waals surface area contributed by atoms with Crippen molar-refractivity contribution in [1.29, 1.82) is 0 Å². The van der Waals surface area contributed by atoms with Crippen LogP contribution in [0.3, 0.4) is 0 Å². The summed E-state index contributed by atoms with van der Waals surface area (Å²) >= 11 is 0. The third-order valence-electron chi connectivity index (χ3n) is 2.53. The second kappa shape index (κ2) is 7.21. The number of nitrogens with one attached hydrogen (secondary N) is 1. The molecule has 1 atom stereocenters. The Balaban J connectivity index is 3.69. The van der Waals surface area contributed by atoms with Crippen LogP contribution in [0.25, 0.3) is 0 Å². The minimum Gasteiger partial charge on any atom is -0.372 e. The SMILES string of the molecule is CNC(CCOCC(F)(F)F)CCC(C)(C)C. The number of hydrogen-bond donors (Lipinski definition) is 1. The predicted octanol–water partition coefficient (Wildman–Crippen LogP) is 3.37. The van der Waals surface area contributed by atoms with Crippen LogP contribution in [0.1, 0.15) is 40.0 Å². The quantitative estimate of drug-likeness (QED) is 0.704. The van der Waals surface area contributed by atoms with Crippen LogP contribution in [0.5, 0.6) is 0 Å². The molecule has 1 unspecified atom stereocenters. The van der Waals surface area contributed by atoms with Gasteiger partial charge < -0.3 is 10.1 Å². The van der Waals surface area contributed by atoms with Crippen molar-refractivity contribution in [2.45, 2.75) is 52.3 Å². The lowest BCUT2D eigenvalue weighted by atomic mass is 9.88. The highest BCUT2D eigenvalue weighted by Crippen LogP contribution is 2.22. The highest BCUT2D eigenvalue weighted by Gasteiger charge is 2.27. The third kappa shape index (κ3) is 12.0. The number of ether oxygens (including phenoxy) is 1. The lowest BCUT2D eigenvalue weighted by Crippen LogP contribution is -2.29. The topological polar surface area (TPSA) is 21.3 Å². The molecule has 0 bridgehead atoms. The number of rotatable bonds is 7. The molecule has 0 rings (SSSR count). The van der Waals surface area contributed by atoms with E-state index in [2.05, 4.69) is 30.8 Å². The molecular weight excluding hydrogens is 231 g/mol. The minimum atomic E-state index is -4.22. The molecule has 0 aliphatic rings. The first-order valence-electron chi connectivity index (χ1n) is 5.96. The zero-order valence-corrected chi connectivity index (χ0v) is 11.2. The highest BCUT2D eigenvalue weighted by molar-refractivity contribution is 4.70. The van der Waals surface area contributed by atoms with E-state index in [4.69, 9.17) is 0 Å². The summed E-state index contributed by atoms with van der Waals surface area (Å²) < 4.78 is 40.1. The van der Waals surface area contributed by atoms with Gasteiger partial charge in [0.2, 0.25) is 0 Å². The second-order valence-electron chi connectivity index (χ2n) is 5.54. The minimum absolute atomic E-state index is 0.148. The average Bonchev–Trinajstić information content (AvgIpc) is 2.13. The van der Waals surface area contributed by atoms with Crippen molar-refractivity contribution in [1.82, 2.24) is 5.32 Å². The van der Waals surface area contributed by atoms with Gasteiger partial charge in [0.15, 0.2) is 0 Å². The molecule has 0 spiro atoms. The number of alkyl halides is 3. The van der Waals surface area contributed by atoms with Crippen LogP contribution < -0.4 is 5.32 Å². The van der Waals surface area contributed by atoms with Crippen LogP contribution >= 0.6 is 0 Å². The molecule has 0 aromatic carbocycles. The van der Waals surface area contributed by atoms with E-state index in [-0.39, 0.29) is 18.1 Å². The van der Waals surface area contributed by atoms with Gasteiger partial charge in [0.1, 0.15) is 6.61 Å². The van der Waals surface area contributed by atoms with Gasteiger partial charge in [-0.3, -0.25) is 0 Å². The van der Waals surface area contributed by atoms with Gasteiger partial charge in [0, 0.05) is 12.6 Å². The van der Waals surface area contributed by atoms with Crippen molar-refractivity contribution in [3.05, 3.63) is 0 Å². The van der Waals surface area contributed by atoms with Crippen LogP contribution in [-0.4, -0.2) is 32.5 Å². The largest absolute Gasteiger partial charge is 0.411 e. The van der Waals surface area contributed by atoms with Gasteiger partial charge in [-0.15, -0.1) is 0 Å². The molecular formula is C12H24F3NO. The molecule has 0 aromatic heterocycles. The fourth-order valence-electron chi connectivity index (χ4n) is 1.45. The molecule has 0 fully saturated rings. The van der Waals surface area contributed by atoms with Crippen molar-refractivity contribution < 1.29 is 17.9 Å². The predicted molar refractivity (Wildman–Crippen MR) is 63.0 cm³/mol. The lowest BCUT2D eigenvalue weighted by Gasteiger charge is -2.23. The maximum Gasteiger partial charge on any atom is 0.411 e. The highest BCUT2D eigenvalue weighted by atomic mass is 19.4. The fourth-order valence-corrected chi connectivity index (χ4v) is 1.45. The van der Waals surface area contributed by atoms with Gasteiger partial charge in [0.25, 0.3) is 0 Å². The first-order chi connectivity index (χ1) is 7.64. The van der Waals surface area contributed by atoms with Crippen molar-refractivity contribution in [2.75, 3.05) is 20.3 Å². The molecule has 0 aliphatic carbocycles. The molecule has 0 saturated heterocycles. The summed E-state index contributed by atoms with van der Waals surface area (Å²) in [7, 11) is 1.83. The van der Waals surface area contributed by atoms with E-state index in [1.54, 1.807) is 0 Å². The van der Waals surface area contributed by atoms with Gasteiger partial charge in [0.05, 0.1) is 0 Å².